The molecule has 1 fully saturated rings. The second kappa shape index (κ2) is 4.13. The molecule has 15 heavy (non-hydrogen) atoms. The summed E-state index contributed by atoms with van der Waals surface area (Å²) < 4.78 is 12.6. The van der Waals surface area contributed by atoms with Crippen LogP contribution in [0, 0.1) is 18.8 Å². The number of anilines is 1. The molecule has 1 saturated heterocycles. The van der Waals surface area contributed by atoms with E-state index in [-0.39, 0.29) is 12.6 Å². The van der Waals surface area contributed by atoms with Gasteiger partial charge in [0.25, 0.3) is 0 Å². The molecule has 0 aromatic carbocycles. The van der Waals surface area contributed by atoms with Crippen LogP contribution >= 0.6 is 0 Å². The summed E-state index contributed by atoms with van der Waals surface area (Å²) in [6, 6.07) is 0. The van der Waals surface area contributed by atoms with Crippen molar-refractivity contribution in [3.63, 3.8) is 0 Å². The lowest BCUT2D eigenvalue weighted by atomic mass is 10.0. The van der Waals surface area contributed by atoms with Crippen molar-refractivity contribution in [2.24, 2.45) is 11.8 Å². The Balaban J connectivity index is 2.10. The van der Waals surface area contributed by atoms with Crippen molar-refractivity contribution in [3.05, 3.63) is 18.0 Å². The summed E-state index contributed by atoms with van der Waals surface area (Å²) in [5.41, 5.74) is 1.05. The Morgan fingerprint density at radius 2 is 2.07 bits per heavy atom. The number of alkyl halides is 1. The molecule has 1 aliphatic heterocycles. The molecule has 1 aromatic heterocycles. The molecule has 3 nitrogen and oxygen atoms in total. The fourth-order valence-electron chi connectivity index (χ4n) is 1.95. The van der Waals surface area contributed by atoms with E-state index in [0.29, 0.717) is 5.92 Å². The van der Waals surface area contributed by atoms with Crippen molar-refractivity contribution < 1.29 is 4.39 Å². The molecule has 82 valence electrons. The fraction of sp³-hybridized carbons (Fsp3) is 0.636. The Morgan fingerprint density at radius 3 is 2.60 bits per heavy atom. The zero-order valence-corrected chi connectivity index (χ0v) is 9.15. The van der Waals surface area contributed by atoms with Crippen LogP contribution in [0.3, 0.4) is 0 Å². The van der Waals surface area contributed by atoms with Gasteiger partial charge >= 0.3 is 0 Å². The lowest BCUT2D eigenvalue weighted by Crippen LogP contribution is -2.22. The van der Waals surface area contributed by atoms with Crippen LogP contribution in [-0.2, 0) is 0 Å². The molecular formula is C11H16FN3. The van der Waals surface area contributed by atoms with Crippen LogP contribution in [0.2, 0.25) is 0 Å². The summed E-state index contributed by atoms with van der Waals surface area (Å²) in [6.07, 6.45) is 3.60. The van der Waals surface area contributed by atoms with E-state index in [1.165, 1.54) is 0 Å². The zero-order valence-electron chi connectivity index (χ0n) is 9.15. The maximum absolute atomic E-state index is 12.6. The Hall–Kier alpha value is -1.19. The molecule has 0 radical (unpaired) electrons. The summed E-state index contributed by atoms with van der Waals surface area (Å²) >= 11 is 0. The van der Waals surface area contributed by atoms with Gasteiger partial charge in [0.15, 0.2) is 0 Å². The lowest BCUT2D eigenvalue weighted by molar-refractivity contribution is 0.329. The topological polar surface area (TPSA) is 29.0 Å². The Bertz CT molecular complexity index is 325. The van der Waals surface area contributed by atoms with Crippen molar-refractivity contribution >= 4 is 5.95 Å². The van der Waals surface area contributed by atoms with E-state index in [1.54, 1.807) is 12.4 Å². The molecule has 0 spiro atoms. The first-order valence-corrected chi connectivity index (χ1v) is 5.30. The molecule has 1 aliphatic rings. The maximum Gasteiger partial charge on any atom is 0.225 e. The minimum Gasteiger partial charge on any atom is -0.340 e. The molecule has 0 amide bonds. The van der Waals surface area contributed by atoms with Crippen molar-refractivity contribution in [3.8, 4) is 0 Å². The number of rotatable bonds is 2. The monoisotopic (exact) mass is 209 g/mol. The van der Waals surface area contributed by atoms with Gasteiger partial charge < -0.3 is 4.90 Å². The van der Waals surface area contributed by atoms with Crippen molar-refractivity contribution in [1.82, 2.24) is 9.97 Å². The van der Waals surface area contributed by atoms with E-state index in [0.717, 1.165) is 24.6 Å². The van der Waals surface area contributed by atoms with Gasteiger partial charge in [-0.2, -0.15) is 0 Å². The van der Waals surface area contributed by atoms with E-state index in [2.05, 4.69) is 21.8 Å². The second-order valence-corrected chi connectivity index (χ2v) is 4.36. The third kappa shape index (κ3) is 2.08. The normalized spacial score (nSPS) is 25.9. The van der Waals surface area contributed by atoms with E-state index < -0.39 is 0 Å². The van der Waals surface area contributed by atoms with Crippen molar-refractivity contribution in [2.75, 3.05) is 24.7 Å². The predicted molar refractivity (Wildman–Crippen MR) is 57.6 cm³/mol. The van der Waals surface area contributed by atoms with Crippen molar-refractivity contribution in [2.45, 2.75) is 13.8 Å². The molecule has 2 atom stereocenters. The number of aromatic nitrogens is 2. The fourth-order valence-corrected chi connectivity index (χ4v) is 1.95. The first kappa shape index (κ1) is 10.3. The van der Waals surface area contributed by atoms with E-state index in [4.69, 9.17) is 0 Å². The van der Waals surface area contributed by atoms with Gasteiger partial charge in [0, 0.05) is 31.4 Å². The minimum absolute atomic E-state index is 0.134. The largest absolute Gasteiger partial charge is 0.340 e. The first-order chi connectivity index (χ1) is 7.20. The highest BCUT2D eigenvalue weighted by Gasteiger charge is 2.30. The van der Waals surface area contributed by atoms with Crippen LogP contribution in [0.15, 0.2) is 12.4 Å². The Morgan fingerprint density at radius 1 is 1.40 bits per heavy atom. The SMILES string of the molecule is Cc1cnc(N2C[C@H](CF)[C@H](C)C2)nc1. The van der Waals surface area contributed by atoms with E-state index in [1.807, 2.05) is 6.92 Å². The highest BCUT2D eigenvalue weighted by molar-refractivity contribution is 5.32. The summed E-state index contributed by atoms with van der Waals surface area (Å²) in [7, 11) is 0. The van der Waals surface area contributed by atoms with Crippen LogP contribution in [0.5, 0.6) is 0 Å². The number of aryl methyl sites for hydroxylation is 1. The van der Waals surface area contributed by atoms with Gasteiger partial charge in [0.1, 0.15) is 0 Å². The van der Waals surface area contributed by atoms with Gasteiger partial charge in [-0.05, 0) is 18.4 Å². The summed E-state index contributed by atoms with van der Waals surface area (Å²) in [5, 5.41) is 0. The third-order valence-electron chi connectivity index (χ3n) is 3.02. The molecule has 0 bridgehead atoms. The molecule has 0 unspecified atom stereocenters. The molecule has 2 heterocycles. The summed E-state index contributed by atoms with van der Waals surface area (Å²) in [5.74, 6) is 1.25. The van der Waals surface area contributed by atoms with Gasteiger partial charge in [-0.3, -0.25) is 4.39 Å². The number of hydrogen-bond donors (Lipinski definition) is 0. The van der Waals surface area contributed by atoms with E-state index in [9.17, 15) is 4.39 Å². The Labute approximate surface area is 89.3 Å². The number of hydrogen-bond acceptors (Lipinski definition) is 3. The molecular weight excluding hydrogens is 193 g/mol. The van der Waals surface area contributed by atoms with Gasteiger partial charge in [-0.15, -0.1) is 0 Å². The second-order valence-electron chi connectivity index (χ2n) is 4.36. The molecule has 1 aromatic rings. The molecule has 0 aliphatic carbocycles. The zero-order chi connectivity index (χ0) is 10.8. The average molecular weight is 209 g/mol. The molecule has 0 saturated carbocycles. The summed E-state index contributed by atoms with van der Waals surface area (Å²) in [4.78, 5) is 10.6. The number of nitrogens with zero attached hydrogens (tertiary/aromatic N) is 3. The maximum atomic E-state index is 12.6. The van der Waals surface area contributed by atoms with E-state index >= 15 is 0 Å². The average Bonchev–Trinajstić information content (AvgIpc) is 2.61. The smallest absolute Gasteiger partial charge is 0.225 e. The van der Waals surface area contributed by atoms with Crippen LogP contribution in [0.25, 0.3) is 0 Å². The highest BCUT2D eigenvalue weighted by Crippen LogP contribution is 2.25. The Kier molecular flexibility index (Phi) is 2.84. The van der Waals surface area contributed by atoms with Gasteiger partial charge in [0.05, 0.1) is 6.67 Å². The van der Waals surface area contributed by atoms with Crippen LogP contribution in [0.1, 0.15) is 12.5 Å². The molecule has 2 rings (SSSR count). The standard InChI is InChI=1S/C11H16FN3/c1-8-4-13-11(14-5-8)15-6-9(2)10(3-12)7-15/h4-5,9-10H,3,6-7H2,1-2H3/t9-,10+/m1/s1. The van der Waals surface area contributed by atoms with Crippen molar-refractivity contribution in [1.29, 1.82) is 0 Å². The van der Waals surface area contributed by atoms with Gasteiger partial charge in [-0.25, -0.2) is 9.97 Å². The summed E-state index contributed by atoms with van der Waals surface area (Å²) in [6.45, 7) is 5.39. The van der Waals surface area contributed by atoms with Crippen LogP contribution in [0.4, 0.5) is 10.3 Å². The lowest BCUT2D eigenvalue weighted by Gasteiger charge is -2.15. The van der Waals surface area contributed by atoms with Crippen LogP contribution in [-0.4, -0.2) is 29.7 Å². The number of halogens is 1. The molecule has 4 heteroatoms. The predicted octanol–water partition coefficient (Wildman–Crippen LogP) is 1.83. The van der Waals surface area contributed by atoms with Gasteiger partial charge in [0.2, 0.25) is 5.95 Å². The van der Waals surface area contributed by atoms with Gasteiger partial charge in [-0.1, -0.05) is 6.92 Å². The molecule has 0 N–H and O–H groups in total. The quantitative estimate of drug-likeness (QED) is 0.744. The first-order valence-electron chi connectivity index (χ1n) is 5.30. The highest BCUT2D eigenvalue weighted by atomic mass is 19.1. The third-order valence-corrected chi connectivity index (χ3v) is 3.02. The minimum atomic E-state index is -0.246. The van der Waals surface area contributed by atoms with Crippen LogP contribution < -0.4 is 4.90 Å².